The monoisotopic (exact) mass is 258 g/mol. The summed E-state index contributed by atoms with van der Waals surface area (Å²) >= 11 is 0. The maximum atomic E-state index is 10.1. The molecule has 102 valence electrons. The number of imidazole rings is 1. The fraction of sp³-hybridized carbons (Fsp3) is 0.438. The standard InChI is InChI=1S/C16H22N2O/c1-12-8-13(2)10-14(9-12)11-15(19)4-5-16-17-6-7-18(16)3/h6-10,15,19H,4-5,11H2,1-3H3. The van der Waals surface area contributed by atoms with Crippen molar-refractivity contribution in [2.24, 2.45) is 7.05 Å². The molecule has 0 amide bonds. The topological polar surface area (TPSA) is 38.1 Å². The second kappa shape index (κ2) is 6.02. The number of nitrogens with zero attached hydrogens (tertiary/aromatic N) is 2. The van der Waals surface area contributed by atoms with Gasteiger partial charge in [0.25, 0.3) is 0 Å². The predicted molar refractivity (Wildman–Crippen MR) is 77.2 cm³/mol. The van der Waals surface area contributed by atoms with Crippen molar-refractivity contribution >= 4 is 0 Å². The number of hydrogen-bond acceptors (Lipinski definition) is 2. The summed E-state index contributed by atoms with van der Waals surface area (Å²) in [5, 5.41) is 10.1. The highest BCUT2D eigenvalue weighted by Crippen LogP contribution is 2.13. The maximum Gasteiger partial charge on any atom is 0.108 e. The van der Waals surface area contributed by atoms with Gasteiger partial charge in [-0.15, -0.1) is 0 Å². The van der Waals surface area contributed by atoms with Gasteiger partial charge in [-0.25, -0.2) is 4.98 Å². The Bertz CT molecular complexity index is 525. The molecule has 2 aromatic rings. The van der Waals surface area contributed by atoms with Crippen LogP contribution in [0.5, 0.6) is 0 Å². The van der Waals surface area contributed by atoms with Crippen molar-refractivity contribution in [2.45, 2.75) is 39.2 Å². The molecule has 0 aliphatic carbocycles. The molecule has 1 heterocycles. The molecule has 0 spiro atoms. The van der Waals surface area contributed by atoms with Crippen molar-refractivity contribution in [1.29, 1.82) is 0 Å². The number of aromatic nitrogens is 2. The number of aryl methyl sites for hydroxylation is 4. The van der Waals surface area contributed by atoms with Gasteiger partial charge >= 0.3 is 0 Å². The molecule has 19 heavy (non-hydrogen) atoms. The first kappa shape index (κ1) is 13.8. The van der Waals surface area contributed by atoms with E-state index >= 15 is 0 Å². The van der Waals surface area contributed by atoms with Crippen molar-refractivity contribution in [3.8, 4) is 0 Å². The van der Waals surface area contributed by atoms with Crippen LogP contribution in [0.3, 0.4) is 0 Å². The predicted octanol–water partition coefficient (Wildman–Crippen LogP) is 2.57. The molecule has 0 saturated heterocycles. The highest BCUT2D eigenvalue weighted by Gasteiger charge is 2.08. The second-order valence-corrected chi connectivity index (χ2v) is 5.35. The van der Waals surface area contributed by atoms with Gasteiger partial charge in [-0.3, -0.25) is 0 Å². The smallest absolute Gasteiger partial charge is 0.108 e. The molecule has 0 aliphatic heterocycles. The van der Waals surface area contributed by atoms with Crippen LogP contribution in [-0.4, -0.2) is 20.8 Å². The number of hydrogen-bond donors (Lipinski definition) is 1. The molecule has 0 aliphatic rings. The van der Waals surface area contributed by atoms with E-state index in [-0.39, 0.29) is 6.10 Å². The highest BCUT2D eigenvalue weighted by molar-refractivity contribution is 5.28. The summed E-state index contributed by atoms with van der Waals surface area (Å²) in [6, 6.07) is 6.46. The third-order valence-electron chi connectivity index (χ3n) is 3.37. The van der Waals surface area contributed by atoms with Crippen LogP contribution >= 0.6 is 0 Å². The third kappa shape index (κ3) is 3.93. The van der Waals surface area contributed by atoms with Crippen molar-refractivity contribution in [3.63, 3.8) is 0 Å². The lowest BCUT2D eigenvalue weighted by Crippen LogP contribution is -2.13. The average molecular weight is 258 g/mol. The zero-order valence-electron chi connectivity index (χ0n) is 11.9. The lowest BCUT2D eigenvalue weighted by molar-refractivity contribution is 0.164. The van der Waals surface area contributed by atoms with Crippen LogP contribution in [-0.2, 0) is 19.9 Å². The lowest BCUT2D eigenvalue weighted by atomic mass is 10.0. The molecular formula is C16H22N2O. The van der Waals surface area contributed by atoms with E-state index < -0.39 is 0 Å². The Hall–Kier alpha value is -1.61. The number of aliphatic hydroxyl groups is 1. The first-order chi connectivity index (χ1) is 9.04. The van der Waals surface area contributed by atoms with Crippen molar-refractivity contribution in [3.05, 3.63) is 53.1 Å². The van der Waals surface area contributed by atoms with Crippen LogP contribution < -0.4 is 0 Å². The van der Waals surface area contributed by atoms with Gasteiger partial charge in [0.2, 0.25) is 0 Å². The lowest BCUT2D eigenvalue weighted by Gasteiger charge is -2.12. The molecule has 0 bridgehead atoms. The van der Waals surface area contributed by atoms with Gasteiger partial charge in [-0.2, -0.15) is 0 Å². The largest absolute Gasteiger partial charge is 0.393 e. The van der Waals surface area contributed by atoms with E-state index in [1.165, 1.54) is 16.7 Å². The molecule has 1 aromatic heterocycles. The summed E-state index contributed by atoms with van der Waals surface area (Å²) in [5.74, 6) is 1.03. The fourth-order valence-electron chi connectivity index (χ4n) is 2.49. The normalized spacial score (nSPS) is 12.6. The molecular weight excluding hydrogens is 236 g/mol. The summed E-state index contributed by atoms with van der Waals surface area (Å²) < 4.78 is 2.00. The quantitative estimate of drug-likeness (QED) is 0.895. The summed E-state index contributed by atoms with van der Waals surface area (Å²) in [6.45, 7) is 4.19. The molecule has 3 nitrogen and oxygen atoms in total. The van der Waals surface area contributed by atoms with E-state index in [0.29, 0.717) is 6.42 Å². The van der Waals surface area contributed by atoms with Crippen LogP contribution in [0.25, 0.3) is 0 Å². The number of aliphatic hydroxyl groups excluding tert-OH is 1. The molecule has 0 saturated carbocycles. The third-order valence-corrected chi connectivity index (χ3v) is 3.37. The minimum atomic E-state index is -0.308. The van der Waals surface area contributed by atoms with Crippen LogP contribution in [0.15, 0.2) is 30.6 Å². The van der Waals surface area contributed by atoms with E-state index in [9.17, 15) is 5.11 Å². The van der Waals surface area contributed by atoms with E-state index in [0.717, 1.165) is 18.7 Å². The molecule has 1 aromatic carbocycles. The van der Waals surface area contributed by atoms with Crippen molar-refractivity contribution in [1.82, 2.24) is 9.55 Å². The Balaban J connectivity index is 1.90. The van der Waals surface area contributed by atoms with Gasteiger partial charge in [0.1, 0.15) is 5.82 Å². The van der Waals surface area contributed by atoms with E-state index in [1.54, 1.807) is 6.20 Å². The minimum Gasteiger partial charge on any atom is -0.393 e. The van der Waals surface area contributed by atoms with Crippen LogP contribution in [0, 0.1) is 13.8 Å². The summed E-state index contributed by atoms with van der Waals surface area (Å²) in [7, 11) is 1.98. The molecule has 1 N–H and O–H groups in total. The van der Waals surface area contributed by atoms with Gasteiger partial charge in [-0.1, -0.05) is 29.3 Å². The SMILES string of the molecule is Cc1cc(C)cc(CC(O)CCc2nccn2C)c1. The van der Waals surface area contributed by atoms with E-state index in [1.807, 2.05) is 17.8 Å². The van der Waals surface area contributed by atoms with Crippen LogP contribution in [0.1, 0.15) is 28.9 Å². The summed E-state index contributed by atoms with van der Waals surface area (Å²) in [5.41, 5.74) is 3.72. The van der Waals surface area contributed by atoms with Crippen LogP contribution in [0.2, 0.25) is 0 Å². The Labute approximate surface area is 114 Å². The molecule has 0 fully saturated rings. The fourth-order valence-corrected chi connectivity index (χ4v) is 2.49. The van der Waals surface area contributed by atoms with Gasteiger partial charge in [-0.05, 0) is 32.3 Å². The summed E-state index contributed by atoms with van der Waals surface area (Å²) in [4.78, 5) is 4.27. The van der Waals surface area contributed by atoms with Crippen molar-refractivity contribution < 1.29 is 5.11 Å². The van der Waals surface area contributed by atoms with Crippen LogP contribution in [0.4, 0.5) is 0 Å². The van der Waals surface area contributed by atoms with Gasteiger partial charge in [0.05, 0.1) is 6.10 Å². The van der Waals surface area contributed by atoms with Gasteiger partial charge in [0.15, 0.2) is 0 Å². The Kier molecular flexibility index (Phi) is 4.38. The minimum absolute atomic E-state index is 0.308. The van der Waals surface area contributed by atoms with Gasteiger partial charge < -0.3 is 9.67 Å². The van der Waals surface area contributed by atoms with Gasteiger partial charge in [0, 0.05) is 25.9 Å². The molecule has 3 heteroatoms. The zero-order valence-corrected chi connectivity index (χ0v) is 11.9. The first-order valence-corrected chi connectivity index (χ1v) is 6.76. The number of rotatable bonds is 5. The molecule has 1 unspecified atom stereocenters. The molecule has 1 atom stereocenters. The molecule has 2 rings (SSSR count). The first-order valence-electron chi connectivity index (χ1n) is 6.76. The maximum absolute atomic E-state index is 10.1. The highest BCUT2D eigenvalue weighted by atomic mass is 16.3. The van der Waals surface area contributed by atoms with E-state index in [4.69, 9.17) is 0 Å². The molecule has 0 radical (unpaired) electrons. The second-order valence-electron chi connectivity index (χ2n) is 5.35. The summed E-state index contributed by atoms with van der Waals surface area (Å²) in [6.07, 6.45) is 5.70. The zero-order chi connectivity index (χ0) is 13.8. The van der Waals surface area contributed by atoms with Crippen molar-refractivity contribution in [2.75, 3.05) is 0 Å². The number of benzene rings is 1. The Morgan fingerprint density at radius 3 is 2.47 bits per heavy atom. The average Bonchev–Trinajstić information content (AvgIpc) is 2.71. The Morgan fingerprint density at radius 1 is 1.21 bits per heavy atom. The van der Waals surface area contributed by atoms with E-state index in [2.05, 4.69) is 37.0 Å². The Morgan fingerprint density at radius 2 is 1.89 bits per heavy atom.